The standard InChI is InChI=1S/C23H24N2O4/c1-15-6-5-7-16(2)22(15)29-14-19-12-18(8-9-21(19)27-4)13-24-25-23(26)20-10-11-28-17(20)3/h5-13H,14H2,1-4H3,(H,25,26)/b24-13+. The van der Waals surface area contributed by atoms with Crippen molar-refractivity contribution in [2.75, 3.05) is 7.11 Å². The number of benzene rings is 2. The van der Waals surface area contributed by atoms with Gasteiger partial charge in [0.1, 0.15) is 23.9 Å². The highest BCUT2D eigenvalue weighted by molar-refractivity contribution is 5.95. The average Bonchev–Trinajstić information content (AvgIpc) is 3.14. The number of para-hydroxylation sites is 1. The number of hydrogen-bond acceptors (Lipinski definition) is 5. The van der Waals surface area contributed by atoms with Crippen LogP contribution in [-0.2, 0) is 6.61 Å². The first kappa shape index (κ1) is 20.2. The molecule has 6 nitrogen and oxygen atoms in total. The summed E-state index contributed by atoms with van der Waals surface area (Å²) in [5, 5.41) is 4.03. The Morgan fingerprint density at radius 2 is 1.90 bits per heavy atom. The smallest absolute Gasteiger partial charge is 0.274 e. The molecule has 0 radical (unpaired) electrons. The minimum absolute atomic E-state index is 0.320. The number of amides is 1. The number of hydrogen-bond donors (Lipinski definition) is 1. The monoisotopic (exact) mass is 392 g/mol. The lowest BCUT2D eigenvalue weighted by Crippen LogP contribution is -2.17. The van der Waals surface area contributed by atoms with Crippen LogP contribution in [0.3, 0.4) is 0 Å². The second-order valence-electron chi connectivity index (χ2n) is 6.67. The lowest BCUT2D eigenvalue weighted by atomic mass is 10.1. The normalized spacial score (nSPS) is 10.9. The first-order chi connectivity index (χ1) is 14.0. The zero-order valence-corrected chi connectivity index (χ0v) is 17.0. The van der Waals surface area contributed by atoms with Gasteiger partial charge in [-0.2, -0.15) is 5.10 Å². The third kappa shape index (κ3) is 4.85. The van der Waals surface area contributed by atoms with E-state index >= 15 is 0 Å². The molecule has 0 saturated heterocycles. The fourth-order valence-electron chi connectivity index (χ4n) is 3.01. The maximum absolute atomic E-state index is 12.1. The molecule has 6 heteroatoms. The summed E-state index contributed by atoms with van der Waals surface area (Å²) in [4.78, 5) is 12.1. The molecule has 0 spiro atoms. The summed E-state index contributed by atoms with van der Waals surface area (Å²) in [7, 11) is 1.62. The van der Waals surface area contributed by atoms with E-state index in [0.717, 1.165) is 33.8 Å². The van der Waals surface area contributed by atoms with Crippen LogP contribution in [0.4, 0.5) is 0 Å². The summed E-state index contributed by atoms with van der Waals surface area (Å²) in [6, 6.07) is 13.3. The van der Waals surface area contributed by atoms with E-state index in [1.54, 1.807) is 26.3 Å². The second kappa shape index (κ2) is 9.10. The van der Waals surface area contributed by atoms with Gasteiger partial charge in [-0.25, -0.2) is 5.43 Å². The van der Waals surface area contributed by atoms with Crippen molar-refractivity contribution >= 4 is 12.1 Å². The SMILES string of the molecule is COc1ccc(/C=N/NC(=O)c2ccoc2C)cc1COc1c(C)cccc1C. The highest BCUT2D eigenvalue weighted by atomic mass is 16.5. The minimum atomic E-state index is -0.320. The first-order valence-corrected chi connectivity index (χ1v) is 9.23. The molecule has 3 rings (SSSR count). The van der Waals surface area contributed by atoms with Crippen molar-refractivity contribution in [3.05, 3.63) is 82.3 Å². The van der Waals surface area contributed by atoms with Gasteiger partial charge in [0.05, 0.1) is 25.2 Å². The molecule has 29 heavy (non-hydrogen) atoms. The number of furan rings is 1. The van der Waals surface area contributed by atoms with E-state index in [4.69, 9.17) is 13.9 Å². The molecule has 0 aliphatic heterocycles. The number of aryl methyl sites for hydroxylation is 3. The van der Waals surface area contributed by atoms with Crippen molar-refractivity contribution in [1.82, 2.24) is 5.43 Å². The van der Waals surface area contributed by atoms with Gasteiger partial charge in [-0.1, -0.05) is 18.2 Å². The number of ether oxygens (including phenoxy) is 2. The van der Waals surface area contributed by atoms with E-state index in [9.17, 15) is 4.79 Å². The Balaban J connectivity index is 1.71. The number of nitrogens with one attached hydrogen (secondary N) is 1. The number of methoxy groups -OCH3 is 1. The number of rotatable bonds is 7. The summed E-state index contributed by atoms with van der Waals surface area (Å²) in [5.74, 6) is 1.83. The van der Waals surface area contributed by atoms with Crippen molar-refractivity contribution in [2.24, 2.45) is 5.10 Å². The van der Waals surface area contributed by atoms with E-state index < -0.39 is 0 Å². The van der Waals surface area contributed by atoms with Crippen molar-refractivity contribution in [2.45, 2.75) is 27.4 Å². The lowest BCUT2D eigenvalue weighted by Gasteiger charge is -2.14. The molecule has 0 saturated carbocycles. The van der Waals surface area contributed by atoms with Crippen LogP contribution in [0.15, 0.2) is 58.2 Å². The van der Waals surface area contributed by atoms with Crippen LogP contribution < -0.4 is 14.9 Å². The highest BCUT2D eigenvalue weighted by Crippen LogP contribution is 2.26. The van der Waals surface area contributed by atoms with Crippen molar-refractivity contribution < 1.29 is 18.7 Å². The van der Waals surface area contributed by atoms with E-state index in [1.807, 2.05) is 50.2 Å². The molecule has 150 valence electrons. The van der Waals surface area contributed by atoms with E-state index in [2.05, 4.69) is 10.5 Å². The fourth-order valence-corrected chi connectivity index (χ4v) is 3.01. The zero-order chi connectivity index (χ0) is 20.8. The molecule has 0 unspecified atom stereocenters. The molecule has 1 N–H and O–H groups in total. The quantitative estimate of drug-likeness (QED) is 0.473. The molecular weight excluding hydrogens is 368 g/mol. The van der Waals surface area contributed by atoms with Gasteiger partial charge in [0, 0.05) is 5.56 Å². The third-order valence-electron chi connectivity index (χ3n) is 4.57. The predicted octanol–water partition coefficient (Wildman–Crippen LogP) is 4.56. The Morgan fingerprint density at radius 1 is 1.14 bits per heavy atom. The van der Waals surface area contributed by atoms with Gasteiger partial charge in [-0.3, -0.25) is 4.79 Å². The maximum Gasteiger partial charge on any atom is 0.274 e. The second-order valence-corrected chi connectivity index (χ2v) is 6.67. The molecule has 1 aromatic heterocycles. The first-order valence-electron chi connectivity index (χ1n) is 9.23. The molecule has 0 aliphatic carbocycles. The van der Waals surface area contributed by atoms with Gasteiger partial charge in [0.2, 0.25) is 0 Å². The van der Waals surface area contributed by atoms with Crippen LogP contribution in [0, 0.1) is 20.8 Å². The zero-order valence-electron chi connectivity index (χ0n) is 17.0. The highest BCUT2D eigenvalue weighted by Gasteiger charge is 2.11. The molecule has 0 fully saturated rings. The average molecular weight is 392 g/mol. The molecule has 1 heterocycles. The van der Waals surface area contributed by atoms with Crippen molar-refractivity contribution in [3.63, 3.8) is 0 Å². The Labute approximate surface area is 170 Å². The third-order valence-corrected chi connectivity index (χ3v) is 4.57. The Bertz CT molecular complexity index is 1020. The Hall–Kier alpha value is -3.54. The number of carbonyl (C=O) groups is 1. The lowest BCUT2D eigenvalue weighted by molar-refractivity contribution is 0.0953. The van der Waals surface area contributed by atoms with E-state index in [-0.39, 0.29) is 5.91 Å². The van der Waals surface area contributed by atoms with Gasteiger partial charge in [-0.05, 0) is 61.7 Å². The minimum Gasteiger partial charge on any atom is -0.496 e. The number of carbonyl (C=O) groups excluding carboxylic acids is 1. The van der Waals surface area contributed by atoms with Crippen LogP contribution in [0.2, 0.25) is 0 Å². The van der Waals surface area contributed by atoms with Crippen molar-refractivity contribution in [3.8, 4) is 11.5 Å². The van der Waals surface area contributed by atoms with Crippen LogP contribution in [0.5, 0.6) is 11.5 Å². The van der Waals surface area contributed by atoms with Gasteiger partial charge in [-0.15, -0.1) is 0 Å². The van der Waals surface area contributed by atoms with E-state index in [1.165, 1.54) is 6.26 Å². The van der Waals surface area contributed by atoms with Gasteiger partial charge >= 0.3 is 0 Å². The fraction of sp³-hybridized carbons (Fsp3) is 0.217. The largest absolute Gasteiger partial charge is 0.496 e. The molecular formula is C23H24N2O4. The van der Waals surface area contributed by atoms with Crippen LogP contribution >= 0.6 is 0 Å². The summed E-state index contributed by atoms with van der Waals surface area (Å²) < 4.78 is 16.6. The van der Waals surface area contributed by atoms with Gasteiger partial charge in [0.15, 0.2) is 0 Å². The molecule has 0 aliphatic rings. The molecule has 2 aromatic carbocycles. The van der Waals surface area contributed by atoms with Crippen molar-refractivity contribution in [1.29, 1.82) is 0 Å². The molecule has 0 atom stereocenters. The van der Waals surface area contributed by atoms with Gasteiger partial charge in [0.25, 0.3) is 5.91 Å². The number of nitrogens with zero attached hydrogens (tertiary/aromatic N) is 1. The predicted molar refractivity (Wildman–Crippen MR) is 112 cm³/mol. The molecule has 1 amide bonds. The maximum atomic E-state index is 12.1. The van der Waals surface area contributed by atoms with Gasteiger partial charge < -0.3 is 13.9 Å². The van der Waals surface area contributed by atoms with Crippen LogP contribution in [0.1, 0.15) is 38.4 Å². The number of hydrazone groups is 1. The summed E-state index contributed by atoms with van der Waals surface area (Å²) in [5.41, 5.74) is 6.83. The summed E-state index contributed by atoms with van der Waals surface area (Å²) in [6.07, 6.45) is 3.05. The Morgan fingerprint density at radius 3 is 2.55 bits per heavy atom. The topological polar surface area (TPSA) is 73.1 Å². The molecule has 3 aromatic rings. The van der Waals surface area contributed by atoms with Crippen LogP contribution in [-0.4, -0.2) is 19.2 Å². The summed E-state index contributed by atoms with van der Waals surface area (Å²) >= 11 is 0. The Kier molecular flexibility index (Phi) is 6.34. The van der Waals surface area contributed by atoms with Crippen LogP contribution in [0.25, 0.3) is 0 Å². The van der Waals surface area contributed by atoms with E-state index in [0.29, 0.717) is 17.9 Å². The molecule has 0 bridgehead atoms. The summed E-state index contributed by atoms with van der Waals surface area (Å²) in [6.45, 7) is 6.13.